The standard InChI is InChI=1S/C19H19NO6S/c1-2-20(15-6-4-3-5-7-15)27(23,24)16-10-8-14(9-11-16)18(21)26-17-12-13-25-19(17)22/h3-11,17H,2,12-13H2,1H3. The quantitative estimate of drug-likeness (QED) is 0.705. The van der Waals surface area contributed by atoms with Crippen LogP contribution < -0.4 is 4.31 Å². The number of rotatable bonds is 6. The smallest absolute Gasteiger partial charge is 0.347 e. The second-order valence-electron chi connectivity index (χ2n) is 5.88. The van der Waals surface area contributed by atoms with E-state index < -0.39 is 28.1 Å². The van der Waals surface area contributed by atoms with Gasteiger partial charge in [-0.05, 0) is 43.3 Å². The summed E-state index contributed by atoms with van der Waals surface area (Å²) in [7, 11) is -3.77. The van der Waals surface area contributed by atoms with E-state index >= 15 is 0 Å². The minimum atomic E-state index is -3.77. The molecule has 142 valence electrons. The van der Waals surface area contributed by atoms with E-state index in [1.165, 1.54) is 28.6 Å². The topological polar surface area (TPSA) is 90.0 Å². The van der Waals surface area contributed by atoms with Crippen molar-refractivity contribution in [2.24, 2.45) is 0 Å². The van der Waals surface area contributed by atoms with Crippen LogP contribution in [0.15, 0.2) is 59.5 Å². The molecule has 0 radical (unpaired) electrons. The first kappa shape index (κ1) is 18.9. The fourth-order valence-corrected chi connectivity index (χ4v) is 4.23. The van der Waals surface area contributed by atoms with Gasteiger partial charge in [0.15, 0.2) is 0 Å². The Hall–Kier alpha value is -2.87. The number of hydrogen-bond donors (Lipinski definition) is 0. The Morgan fingerprint density at radius 1 is 1.15 bits per heavy atom. The third-order valence-electron chi connectivity index (χ3n) is 4.15. The van der Waals surface area contributed by atoms with Crippen molar-refractivity contribution in [2.45, 2.75) is 24.3 Å². The minimum Gasteiger partial charge on any atom is -0.463 e. The molecule has 0 saturated carbocycles. The molecule has 1 atom stereocenters. The maximum atomic E-state index is 12.9. The van der Waals surface area contributed by atoms with E-state index in [1.807, 2.05) is 6.07 Å². The summed E-state index contributed by atoms with van der Waals surface area (Å²) in [4.78, 5) is 23.6. The van der Waals surface area contributed by atoms with Crippen molar-refractivity contribution in [3.8, 4) is 0 Å². The summed E-state index contributed by atoms with van der Waals surface area (Å²) in [5, 5.41) is 0. The SMILES string of the molecule is CCN(c1ccccc1)S(=O)(=O)c1ccc(C(=O)OC2CCOC2=O)cc1. The Morgan fingerprint density at radius 3 is 2.37 bits per heavy atom. The summed E-state index contributed by atoms with van der Waals surface area (Å²) >= 11 is 0. The highest BCUT2D eigenvalue weighted by Crippen LogP contribution is 2.24. The molecule has 1 aliphatic rings. The molecular weight excluding hydrogens is 370 g/mol. The summed E-state index contributed by atoms with van der Waals surface area (Å²) in [6.07, 6.45) is -0.589. The maximum absolute atomic E-state index is 12.9. The van der Waals surface area contributed by atoms with Gasteiger partial charge in [0.1, 0.15) is 0 Å². The van der Waals surface area contributed by atoms with E-state index in [-0.39, 0.29) is 23.6 Å². The van der Waals surface area contributed by atoms with Crippen LogP contribution in [0.3, 0.4) is 0 Å². The van der Waals surface area contributed by atoms with Crippen molar-refractivity contribution in [1.29, 1.82) is 0 Å². The Bertz CT molecular complexity index is 924. The largest absolute Gasteiger partial charge is 0.463 e. The van der Waals surface area contributed by atoms with Crippen LogP contribution in [0.5, 0.6) is 0 Å². The van der Waals surface area contributed by atoms with Crippen LogP contribution in [-0.4, -0.2) is 39.6 Å². The lowest BCUT2D eigenvalue weighted by Gasteiger charge is -2.23. The Morgan fingerprint density at radius 2 is 1.81 bits per heavy atom. The van der Waals surface area contributed by atoms with Crippen molar-refractivity contribution < 1.29 is 27.5 Å². The molecule has 2 aromatic carbocycles. The number of benzene rings is 2. The zero-order chi connectivity index (χ0) is 19.4. The molecule has 0 spiro atoms. The van der Waals surface area contributed by atoms with Gasteiger partial charge in [-0.2, -0.15) is 0 Å². The van der Waals surface area contributed by atoms with Gasteiger partial charge in [-0.25, -0.2) is 18.0 Å². The summed E-state index contributed by atoms with van der Waals surface area (Å²) in [5.74, 6) is -1.26. The molecule has 1 heterocycles. The number of nitrogens with zero attached hydrogens (tertiary/aromatic N) is 1. The molecule has 0 aromatic heterocycles. The maximum Gasteiger partial charge on any atom is 0.347 e. The molecule has 0 aliphatic carbocycles. The van der Waals surface area contributed by atoms with E-state index in [2.05, 4.69) is 0 Å². The molecule has 3 rings (SSSR count). The second kappa shape index (κ2) is 7.79. The fourth-order valence-electron chi connectivity index (χ4n) is 2.76. The van der Waals surface area contributed by atoms with Crippen LogP contribution >= 0.6 is 0 Å². The number of cyclic esters (lactones) is 1. The van der Waals surface area contributed by atoms with Gasteiger partial charge in [-0.1, -0.05) is 18.2 Å². The number of esters is 2. The van der Waals surface area contributed by atoms with Crippen molar-refractivity contribution in [3.05, 3.63) is 60.2 Å². The second-order valence-corrected chi connectivity index (χ2v) is 7.74. The molecule has 27 heavy (non-hydrogen) atoms. The highest BCUT2D eigenvalue weighted by Gasteiger charge is 2.31. The lowest BCUT2D eigenvalue weighted by atomic mass is 10.2. The van der Waals surface area contributed by atoms with Gasteiger partial charge >= 0.3 is 11.9 Å². The Labute approximate surface area is 157 Å². The van der Waals surface area contributed by atoms with Crippen molar-refractivity contribution in [2.75, 3.05) is 17.5 Å². The van der Waals surface area contributed by atoms with E-state index in [0.29, 0.717) is 12.1 Å². The number of sulfonamides is 1. The third kappa shape index (κ3) is 3.95. The highest BCUT2D eigenvalue weighted by molar-refractivity contribution is 7.92. The van der Waals surface area contributed by atoms with Crippen molar-refractivity contribution >= 4 is 27.6 Å². The zero-order valence-corrected chi connectivity index (χ0v) is 15.5. The molecule has 0 bridgehead atoms. The molecule has 1 fully saturated rings. The van der Waals surface area contributed by atoms with Crippen LogP contribution in [-0.2, 0) is 24.3 Å². The van der Waals surface area contributed by atoms with E-state index in [0.717, 1.165) is 0 Å². The van der Waals surface area contributed by atoms with Crippen LogP contribution in [0.25, 0.3) is 0 Å². The number of carbonyl (C=O) groups is 2. The third-order valence-corrected chi connectivity index (χ3v) is 6.06. The molecule has 1 aliphatic heterocycles. The number of hydrogen-bond acceptors (Lipinski definition) is 6. The van der Waals surface area contributed by atoms with Gasteiger partial charge in [0, 0.05) is 13.0 Å². The minimum absolute atomic E-state index is 0.0602. The van der Waals surface area contributed by atoms with Crippen molar-refractivity contribution in [1.82, 2.24) is 0 Å². The number of ether oxygens (including phenoxy) is 2. The number of para-hydroxylation sites is 1. The predicted molar refractivity (Wildman–Crippen MR) is 97.9 cm³/mol. The number of carbonyl (C=O) groups excluding carboxylic acids is 2. The molecule has 8 heteroatoms. The Balaban J connectivity index is 1.79. The predicted octanol–water partition coefficient (Wildman–Crippen LogP) is 2.37. The summed E-state index contributed by atoms with van der Waals surface area (Å²) < 4.78 is 37.0. The number of anilines is 1. The lowest BCUT2D eigenvalue weighted by Crippen LogP contribution is -2.30. The molecule has 1 saturated heterocycles. The summed E-state index contributed by atoms with van der Waals surface area (Å²) in [5.41, 5.74) is 0.722. The first-order valence-corrected chi connectivity index (χ1v) is 9.93. The van der Waals surface area contributed by atoms with Crippen LogP contribution in [0, 0.1) is 0 Å². The van der Waals surface area contributed by atoms with Gasteiger partial charge in [0.05, 0.1) is 22.8 Å². The zero-order valence-electron chi connectivity index (χ0n) is 14.7. The molecular formula is C19H19NO6S. The molecule has 0 amide bonds. The van der Waals surface area contributed by atoms with Gasteiger partial charge in [-0.3, -0.25) is 4.31 Å². The molecule has 2 aromatic rings. The summed E-state index contributed by atoms with van der Waals surface area (Å²) in [6, 6.07) is 14.2. The first-order valence-electron chi connectivity index (χ1n) is 8.49. The van der Waals surface area contributed by atoms with Gasteiger partial charge < -0.3 is 9.47 Å². The average Bonchev–Trinajstić information content (AvgIpc) is 3.07. The lowest BCUT2D eigenvalue weighted by molar-refractivity contribution is -0.145. The van der Waals surface area contributed by atoms with E-state index in [9.17, 15) is 18.0 Å². The van der Waals surface area contributed by atoms with Gasteiger partial charge in [0.25, 0.3) is 10.0 Å². The fraction of sp³-hybridized carbons (Fsp3) is 0.263. The summed E-state index contributed by atoms with van der Waals surface area (Å²) in [6.45, 7) is 2.23. The van der Waals surface area contributed by atoms with E-state index in [4.69, 9.17) is 9.47 Å². The van der Waals surface area contributed by atoms with Gasteiger partial charge in [0.2, 0.25) is 6.10 Å². The monoisotopic (exact) mass is 389 g/mol. The van der Waals surface area contributed by atoms with Crippen LogP contribution in [0.1, 0.15) is 23.7 Å². The normalized spacial score (nSPS) is 16.6. The highest BCUT2D eigenvalue weighted by atomic mass is 32.2. The van der Waals surface area contributed by atoms with Gasteiger partial charge in [-0.15, -0.1) is 0 Å². The van der Waals surface area contributed by atoms with E-state index in [1.54, 1.807) is 31.2 Å². The van der Waals surface area contributed by atoms with Crippen molar-refractivity contribution in [3.63, 3.8) is 0 Å². The molecule has 0 N–H and O–H groups in total. The van der Waals surface area contributed by atoms with Crippen LogP contribution in [0.4, 0.5) is 5.69 Å². The first-order chi connectivity index (χ1) is 12.9. The average molecular weight is 389 g/mol. The van der Waals surface area contributed by atoms with Crippen LogP contribution in [0.2, 0.25) is 0 Å². The molecule has 1 unspecified atom stereocenters. The molecule has 7 nitrogen and oxygen atoms in total. The Kier molecular flexibility index (Phi) is 5.46.